The largest absolute Gasteiger partial charge is 0.467 e. The first kappa shape index (κ1) is 13.2. The fraction of sp³-hybridized carbons (Fsp3) is 0.700. The maximum Gasteiger partial charge on any atom is 0.322 e. The highest BCUT2D eigenvalue weighted by Crippen LogP contribution is 2.30. The van der Waals surface area contributed by atoms with Gasteiger partial charge in [0, 0.05) is 11.3 Å². The van der Waals surface area contributed by atoms with Crippen molar-refractivity contribution < 1.29 is 4.74 Å². The summed E-state index contributed by atoms with van der Waals surface area (Å²) in [5, 5.41) is 3.93. The molecule has 0 aromatic carbocycles. The van der Waals surface area contributed by atoms with Crippen molar-refractivity contribution in [1.82, 2.24) is 15.0 Å². The average molecular weight is 270 g/mol. The zero-order chi connectivity index (χ0) is 13.0. The van der Waals surface area contributed by atoms with Crippen LogP contribution in [0.25, 0.3) is 0 Å². The number of nitrogens with one attached hydrogen (secondary N) is 2. The standard InChI is InChI=1S/C10H18N6OS/c1-17-10-14-8(13-9(15-10)16-11)12-6-4-3-5-7(6)18-2/h6-7H,3-5,11H2,1-2H3,(H2,12,13,14,15,16). The van der Waals surface area contributed by atoms with Crippen molar-refractivity contribution in [2.24, 2.45) is 5.84 Å². The molecule has 100 valence electrons. The molecular formula is C10H18N6OS. The van der Waals surface area contributed by atoms with Crippen LogP contribution in [0.1, 0.15) is 19.3 Å². The lowest BCUT2D eigenvalue weighted by Gasteiger charge is -2.19. The van der Waals surface area contributed by atoms with Gasteiger partial charge < -0.3 is 10.1 Å². The molecule has 1 heterocycles. The van der Waals surface area contributed by atoms with Crippen LogP contribution in [0.2, 0.25) is 0 Å². The van der Waals surface area contributed by atoms with Crippen molar-refractivity contribution >= 4 is 23.7 Å². The molecule has 0 amide bonds. The lowest BCUT2D eigenvalue weighted by molar-refractivity contribution is 0.379. The Morgan fingerprint density at radius 3 is 2.72 bits per heavy atom. The smallest absolute Gasteiger partial charge is 0.322 e. The molecule has 1 aliphatic rings. The maximum atomic E-state index is 5.31. The number of nitrogen functional groups attached to an aromatic ring is 1. The normalized spacial score (nSPS) is 22.8. The van der Waals surface area contributed by atoms with E-state index >= 15 is 0 Å². The van der Waals surface area contributed by atoms with Crippen molar-refractivity contribution in [2.45, 2.75) is 30.6 Å². The number of hydrogen-bond donors (Lipinski definition) is 3. The molecule has 1 saturated carbocycles. The second-order valence-corrected chi connectivity index (χ2v) is 5.15. The molecule has 4 N–H and O–H groups in total. The highest BCUT2D eigenvalue weighted by atomic mass is 32.2. The third kappa shape index (κ3) is 2.94. The van der Waals surface area contributed by atoms with Gasteiger partial charge in [-0.25, -0.2) is 5.84 Å². The van der Waals surface area contributed by atoms with Gasteiger partial charge in [0.05, 0.1) is 7.11 Å². The summed E-state index contributed by atoms with van der Waals surface area (Å²) in [6.07, 6.45) is 5.72. The number of anilines is 2. The molecule has 1 aliphatic carbocycles. The van der Waals surface area contributed by atoms with Gasteiger partial charge in [0.25, 0.3) is 0 Å². The molecule has 2 atom stereocenters. The van der Waals surface area contributed by atoms with E-state index in [9.17, 15) is 0 Å². The zero-order valence-electron chi connectivity index (χ0n) is 10.5. The fourth-order valence-corrected chi connectivity index (χ4v) is 3.05. The Labute approximate surface area is 110 Å². The molecule has 0 bridgehead atoms. The predicted octanol–water partition coefficient (Wildman–Crippen LogP) is 0.862. The van der Waals surface area contributed by atoms with E-state index < -0.39 is 0 Å². The maximum absolute atomic E-state index is 5.31. The first-order valence-electron chi connectivity index (χ1n) is 5.83. The Morgan fingerprint density at radius 1 is 1.28 bits per heavy atom. The summed E-state index contributed by atoms with van der Waals surface area (Å²) in [4.78, 5) is 12.3. The van der Waals surface area contributed by atoms with Gasteiger partial charge in [-0.1, -0.05) is 6.42 Å². The summed E-state index contributed by atoms with van der Waals surface area (Å²) in [7, 11) is 1.51. The highest BCUT2D eigenvalue weighted by Gasteiger charge is 2.27. The van der Waals surface area contributed by atoms with E-state index in [0.717, 1.165) is 6.42 Å². The zero-order valence-corrected chi connectivity index (χ0v) is 11.3. The summed E-state index contributed by atoms with van der Waals surface area (Å²) in [6, 6.07) is 0.636. The van der Waals surface area contributed by atoms with Crippen LogP contribution in [0.15, 0.2) is 0 Å². The molecule has 0 saturated heterocycles. The summed E-state index contributed by atoms with van der Waals surface area (Å²) < 4.78 is 5.01. The van der Waals surface area contributed by atoms with Gasteiger partial charge >= 0.3 is 6.01 Å². The SMILES string of the molecule is COc1nc(NN)nc(NC2CCCC2SC)n1. The predicted molar refractivity (Wildman–Crippen MR) is 72.8 cm³/mol. The van der Waals surface area contributed by atoms with E-state index in [2.05, 4.69) is 32.0 Å². The molecule has 7 nitrogen and oxygen atoms in total. The van der Waals surface area contributed by atoms with Crippen molar-refractivity contribution in [3.8, 4) is 6.01 Å². The van der Waals surface area contributed by atoms with Gasteiger partial charge in [-0.05, 0) is 19.1 Å². The molecule has 8 heteroatoms. The van der Waals surface area contributed by atoms with Crippen LogP contribution in [0.5, 0.6) is 6.01 Å². The van der Waals surface area contributed by atoms with E-state index in [-0.39, 0.29) is 6.01 Å². The fourth-order valence-electron chi connectivity index (χ4n) is 2.12. The van der Waals surface area contributed by atoms with E-state index in [1.165, 1.54) is 20.0 Å². The number of thioether (sulfide) groups is 1. The second-order valence-electron chi connectivity index (χ2n) is 4.07. The molecular weight excluding hydrogens is 252 g/mol. The Balaban J connectivity index is 2.12. The summed E-state index contributed by atoms with van der Waals surface area (Å²) in [5.41, 5.74) is 2.40. The van der Waals surface area contributed by atoms with Crippen LogP contribution in [-0.2, 0) is 0 Å². The van der Waals surface area contributed by atoms with Crippen molar-refractivity contribution in [2.75, 3.05) is 24.1 Å². The Kier molecular flexibility index (Phi) is 4.43. The Hall–Kier alpha value is -1.28. The van der Waals surface area contributed by atoms with Gasteiger partial charge in [-0.15, -0.1) is 0 Å². The summed E-state index contributed by atoms with van der Waals surface area (Å²) in [6.45, 7) is 0. The quantitative estimate of drug-likeness (QED) is 0.535. The first-order chi connectivity index (χ1) is 8.76. The van der Waals surface area contributed by atoms with Crippen LogP contribution in [0.4, 0.5) is 11.9 Å². The number of ether oxygens (including phenoxy) is 1. The van der Waals surface area contributed by atoms with E-state index in [0.29, 0.717) is 23.2 Å². The average Bonchev–Trinajstić information content (AvgIpc) is 2.85. The third-order valence-corrected chi connectivity index (χ3v) is 4.17. The van der Waals surface area contributed by atoms with Crippen molar-refractivity contribution in [1.29, 1.82) is 0 Å². The minimum atomic E-state index is 0.249. The Bertz CT molecular complexity index is 382. The number of nitrogens with zero attached hydrogens (tertiary/aromatic N) is 3. The van der Waals surface area contributed by atoms with Gasteiger partial charge in [-0.2, -0.15) is 26.7 Å². The van der Waals surface area contributed by atoms with Gasteiger partial charge in [0.15, 0.2) is 0 Å². The lowest BCUT2D eigenvalue weighted by Crippen LogP contribution is -2.27. The van der Waals surface area contributed by atoms with E-state index in [1.807, 2.05) is 11.8 Å². The molecule has 2 rings (SSSR count). The molecule has 1 aromatic rings. The molecule has 0 aliphatic heterocycles. The number of hydrazine groups is 1. The van der Waals surface area contributed by atoms with Gasteiger partial charge in [-0.3, -0.25) is 5.43 Å². The van der Waals surface area contributed by atoms with Crippen LogP contribution in [0, 0.1) is 0 Å². The van der Waals surface area contributed by atoms with Crippen LogP contribution in [0.3, 0.4) is 0 Å². The molecule has 0 spiro atoms. The van der Waals surface area contributed by atoms with E-state index in [1.54, 1.807) is 0 Å². The number of nitrogens with two attached hydrogens (primary N) is 1. The van der Waals surface area contributed by atoms with Crippen molar-refractivity contribution in [3.63, 3.8) is 0 Å². The highest BCUT2D eigenvalue weighted by molar-refractivity contribution is 7.99. The monoisotopic (exact) mass is 270 g/mol. The number of aromatic nitrogens is 3. The van der Waals surface area contributed by atoms with Crippen LogP contribution in [-0.4, -0.2) is 39.6 Å². The van der Waals surface area contributed by atoms with Crippen LogP contribution < -0.4 is 21.3 Å². The first-order valence-corrected chi connectivity index (χ1v) is 7.11. The summed E-state index contributed by atoms with van der Waals surface area (Å²) in [5.74, 6) is 6.11. The lowest BCUT2D eigenvalue weighted by atomic mass is 10.2. The summed E-state index contributed by atoms with van der Waals surface area (Å²) >= 11 is 1.87. The minimum absolute atomic E-state index is 0.249. The second kappa shape index (κ2) is 6.05. The van der Waals surface area contributed by atoms with Crippen LogP contribution >= 0.6 is 11.8 Å². The Morgan fingerprint density at radius 2 is 2.06 bits per heavy atom. The molecule has 0 radical (unpaired) electrons. The topological polar surface area (TPSA) is 98.0 Å². The molecule has 1 fully saturated rings. The molecule has 2 unspecified atom stereocenters. The van der Waals surface area contributed by atoms with Crippen molar-refractivity contribution in [3.05, 3.63) is 0 Å². The number of rotatable bonds is 5. The number of methoxy groups -OCH3 is 1. The molecule has 18 heavy (non-hydrogen) atoms. The van der Waals surface area contributed by atoms with Gasteiger partial charge in [0.1, 0.15) is 0 Å². The molecule has 1 aromatic heterocycles. The van der Waals surface area contributed by atoms with E-state index in [4.69, 9.17) is 10.6 Å². The van der Waals surface area contributed by atoms with Gasteiger partial charge in [0.2, 0.25) is 11.9 Å². The third-order valence-electron chi connectivity index (χ3n) is 3.00. The number of hydrogen-bond acceptors (Lipinski definition) is 8. The minimum Gasteiger partial charge on any atom is -0.467 e.